The first kappa shape index (κ1) is 19.7. The Morgan fingerprint density at radius 1 is 1.28 bits per heavy atom. The average molecular weight is 393 g/mol. The summed E-state index contributed by atoms with van der Waals surface area (Å²) < 4.78 is 6.77. The number of hydrogen-bond donors (Lipinski definition) is 1. The van der Waals surface area contributed by atoms with E-state index in [0.29, 0.717) is 23.6 Å². The van der Waals surface area contributed by atoms with Gasteiger partial charge in [0, 0.05) is 11.1 Å². The molecule has 9 nitrogen and oxygen atoms in total. The summed E-state index contributed by atoms with van der Waals surface area (Å²) in [5, 5.41) is 18.7. The third-order valence-corrected chi connectivity index (χ3v) is 4.21. The minimum absolute atomic E-state index is 0.189. The van der Waals surface area contributed by atoms with Crippen LogP contribution < -0.4 is 10.2 Å². The molecule has 2 aromatic carbocycles. The average Bonchev–Trinajstić information content (AvgIpc) is 3.09. The van der Waals surface area contributed by atoms with Gasteiger partial charge in [-0.15, -0.1) is 0 Å². The number of methoxy groups -OCH3 is 1. The van der Waals surface area contributed by atoms with E-state index in [-0.39, 0.29) is 11.7 Å². The van der Waals surface area contributed by atoms with Gasteiger partial charge >= 0.3 is 5.82 Å². The highest BCUT2D eigenvalue weighted by Gasteiger charge is 2.15. The van der Waals surface area contributed by atoms with Gasteiger partial charge in [0.05, 0.1) is 36.7 Å². The van der Waals surface area contributed by atoms with Crippen molar-refractivity contribution in [1.82, 2.24) is 15.2 Å². The molecule has 0 unspecified atom stereocenters. The second-order valence-electron chi connectivity index (χ2n) is 6.20. The number of para-hydroxylation sites is 1. The largest absolute Gasteiger partial charge is 0.496 e. The summed E-state index contributed by atoms with van der Waals surface area (Å²) in [5.41, 5.74) is 5.20. The summed E-state index contributed by atoms with van der Waals surface area (Å²) in [4.78, 5) is 22.5. The summed E-state index contributed by atoms with van der Waals surface area (Å²) >= 11 is 0. The standard InChI is InChI=1S/C20H19N5O4/c1-14-11-19(25(27)28)23-24(14)13-15-7-9-16(10-8-15)20(26)22-21-12-17-5-3-4-6-18(17)29-2/h3-12H,13H2,1-2H3,(H,22,26). The third-order valence-electron chi connectivity index (χ3n) is 4.21. The van der Waals surface area contributed by atoms with Crippen molar-refractivity contribution in [3.8, 4) is 5.75 Å². The number of benzene rings is 2. The Balaban J connectivity index is 1.63. The lowest BCUT2D eigenvalue weighted by atomic mass is 10.1. The SMILES string of the molecule is COc1ccccc1C=NNC(=O)c1ccc(Cn2nc([N+](=O)[O-])cc2C)cc1. The minimum atomic E-state index is -0.525. The fourth-order valence-electron chi connectivity index (χ4n) is 2.67. The van der Waals surface area contributed by atoms with Gasteiger partial charge in [-0.05, 0) is 41.7 Å². The highest BCUT2D eigenvalue weighted by Crippen LogP contribution is 2.15. The van der Waals surface area contributed by atoms with Gasteiger partial charge < -0.3 is 14.9 Å². The second-order valence-corrected chi connectivity index (χ2v) is 6.20. The molecule has 148 valence electrons. The molecule has 29 heavy (non-hydrogen) atoms. The van der Waals surface area contributed by atoms with E-state index in [4.69, 9.17) is 4.74 Å². The van der Waals surface area contributed by atoms with Crippen molar-refractivity contribution in [1.29, 1.82) is 0 Å². The zero-order chi connectivity index (χ0) is 20.8. The Labute approximate surface area is 166 Å². The number of hydrazone groups is 1. The van der Waals surface area contributed by atoms with E-state index in [1.165, 1.54) is 12.3 Å². The number of nitrogens with zero attached hydrogens (tertiary/aromatic N) is 4. The lowest BCUT2D eigenvalue weighted by Crippen LogP contribution is -2.17. The van der Waals surface area contributed by atoms with Gasteiger partial charge in [-0.25, -0.2) is 5.43 Å². The molecule has 0 saturated carbocycles. The summed E-state index contributed by atoms with van der Waals surface area (Å²) in [7, 11) is 1.57. The van der Waals surface area contributed by atoms with Gasteiger partial charge in [-0.3, -0.25) is 4.79 Å². The topological polar surface area (TPSA) is 112 Å². The van der Waals surface area contributed by atoms with Crippen molar-refractivity contribution in [2.45, 2.75) is 13.5 Å². The van der Waals surface area contributed by atoms with Crippen LogP contribution in [0.4, 0.5) is 5.82 Å². The molecule has 1 heterocycles. The molecule has 0 spiro atoms. The number of aromatic nitrogens is 2. The normalized spacial score (nSPS) is 10.8. The van der Waals surface area contributed by atoms with E-state index in [1.54, 1.807) is 49.0 Å². The molecule has 3 rings (SSSR count). The molecule has 1 aromatic heterocycles. The summed E-state index contributed by atoms with van der Waals surface area (Å²) in [5.74, 6) is 0.115. The van der Waals surface area contributed by atoms with E-state index in [2.05, 4.69) is 15.6 Å². The van der Waals surface area contributed by atoms with Gasteiger partial charge in [0.25, 0.3) is 5.91 Å². The number of carbonyl (C=O) groups excluding carboxylic acids is 1. The zero-order valence-electron chi connectivity index (χ0n) is 15.9. The van der Waals surface area contributed by atoms with E-state index >= 15 is 0 Å². The van der Waals surface area contributed by atoms with Crippen LogP contribution in [0, 0.1) is 17.0 Å². The van der Waals surface area contributed by atoms with Gasteiger partial charge in [0.1, 0.15) is 5.75 Å². The van der Waals surface area contributed by atoms with Gasteiger partial charge in [0.15, 0.2) is 0 Å². The molecule has 0 bridgehead atoms. The van der Waals surface area contributed by atoms with Crippen molar-refractivity contribution in [2.75, 3.05) is 7.11 Å². The third kappa shape index (κ3) is 4.83. The quantitative estimate of drug-likeness (QED) is 0.377. The Hall–Kier alpha value is -4.01. The monoisotopic (exact) mass is 393 g/mol. The van der Waals surface area contributed by atoms with E-state index < -0.39 is 4.92 Å². The lowest BCUT2D eigenvalue weighted by molar-refractivity contribution is -0.389. The van der Waals surface area contributed by atoms with Crippen molar-refractivity contribution < 1.29 is 14.5 Å². The number of ether oxygens (including phenoxy) is 1. The van der Waals surface area contributed by atoms with Gasteiger partial charge in [-0.2, -0.15) is 9.78 Å². The Morgan fingerprint density at radius 3 is 2.66 bits per heavy atom. The van der Waals surface area contributed by atoms with Crippen LogP contribution in [0.25, 0.3) is 0 Å². The number of amides is 1. The number of rotatable bonds is 7. The number of nitrogens with one attached hydrogen (secondary N) is 1. The van der Waals surface area contributed by atoms with Gasteiger partial charge in [-0.1, -0.05) is 24.3 Å². The molecule has 0 aliphatic rings. The van der Waals surface area contributed by atoms with Crippen molar-refractivity contribution in [2.24, 2.45) is 5.10 Å². The molecule has 1 amide bonds. The number of carbonyl (C=O) groups is 1. The molecule has 0 radical (unpaired) electrons. The summed E-state index contributed by atoms with van der Waals surface area (Å²) in [6.07, 6.45) is 1.51. The first-order valence-corrected chi connectivity index (χ1v) is 8.72. The van der Waals surface area contributed by atoms with E-state index in [0.717, 1.165) is 11.1 Å². The predicted octanol–water partition coefficient (Wildman–Crippen LogP) is 2.92. The summed E-state index contributed by atoms with van der Waals surface area (Å²) in [6.45, 7) is 2.12. The van der Waals surface area contributed by atoms with Crippen LogP contribution >= 0.6 is 0 Å². The summed E-state index contributed by atoms with van der Waals surface area (Å²) in [6, 6.07) is 15.6. The maximum absolute atomic E-state index is 12.2. The lowest BCUT2D eigenvalue weighted by Gasteiger charge is -2.04. The van der Waals surface area contributed by atoms with Crippen LogP contribution in [0.5, 0.6) is 5.75 Å². The molecule has 0 atom stereocenters. The van der Waals surface area contributed by atoms with Crippen molar-refractivity contribution in [3.05, 3.63) is 87.1 Å². The van der Waals surface area contributed by atoms with Crippen LogP contribution in [0.3, 0.4) is 0 Å². The number of nitro groups is 1. The van der Waals surface area contributed by atoms with Crippen LogP contribution in [0.1, 0.15) is 27.2 Å². The molecule has 9 heteroatoms. The van der Waals surface area contributed by atoms with E-state index in [1.807, 2.05) is 18.2 Å². The maximum Gasteiger partial charge on any atom is 0.390 e. The second kappa shape index (κ2) is 8.79. The molecular formula is C20H19N5O4. The highest BCUT2D eigenvalue weighted by atomic mass is 16.6. The van der Waals surface area contributed by atoms with Crippen molar-refractivity contribution in [3.63, 3.8) is 0 Å². The number of aryl methyl sites for hydroxylation is 1. The molecule has 0 aliphatic heterocycles. The zero-order valence-corrected chi connectivity index (χ0v) is 15.9. The van der Waals surface area contributed by atoms with E-state index in [9.17, 15) is 14.9 Å². The van der Waals surface area contributed by atoms with Crippen LogP contribution in [0.2, 0.25) is 0 Å². The van der Waals surface area contributed by atoms with Crippen LogP contribution in [-0.2, 0) is 6.54 Å². The molecule has 0 saturated heterocycles. The molecule has 1 N–H and O–H groups in total. The fourth-order valence-corrected chi connectivity index (χ4v) is 2.67. The van der Waals surface area contributed by atoms with Crippen molar-refractivity contribution >= 4 is 17.9 Å². The first-order valence-electron chi connectivity index (χ1n) is 8.72. The minimum Gasteiger partial charge on any atom is -0.496 e. The Bertz CT molecular complexity index is 1060. The number of hydrogen-bond acceptors (Lipinski definition) is 6. The Morgan fingerprint density at radius 2 is 2.00 bits per heavy atom. The smallest absolute Gasteiger partial charge is 0.390 e. The Kier molecular flexibility index (Phi) is 5.98. The van der Waals surface area contributed by atoms with Crippen LogP contribution in [-0.4, -0.2) is 33.9 Å². The van der Waals surface area contributed by atoms with Crippen LogP contribution in [0.15, 0.2) is 59.7 Å². The molecule has 0 fully saturated rings. The first-order chi connectivity index (χ1) is 14.0. The molecule has 3 aromatic rings. The van der Waals surface area contributed by atoms with Gasteiger partial charge in [0.2, 0.25) is 0 Å². The molecular weight excluding hydrogens is 374 g/mol. The predicted molar refractivity (Wildman–Crippen MR) is 107 cm³/mol. The highest BCUT2D eigenvalue weighted by molar-refractivity contribution is 5.95. The fraction of sp³-hybridized carbons (Fsp3) is 0.150. The molecule has 0 aliphatic carbocycles. The maximum atomic E-state index is 12.2.